The summed E-state index contributed by atoms with van der Waals surface area (Å²) < 4.78 is 5.92. The molecule has 92 valence electrons. The van der Waals surface area contributed by atoms with Gasteiger partial charge < -0.3 is 15.0 Å². The molecule has 4 nitrogen and oxygen atoms in total. The average molecular weight is 251 g/mol. The Hall–Kier alpha value is -1.20. The lowest BCUT2D eigenvalue weighted by Crippen LogP contribution is -2.35. The van der Waals surface area contributed by atoms with Crippen LogP contribution in [0.5, 0.6) is 5.88 Å². The fourth-order valence-electron chi connectivity index (χ4n) is 1.89. The van der Waals surface area contributed by atoms with Crippen LogP contribution in [0.25, 0.3) is 0 Å². The topological polar surface area (TPSA) is 37.4 Å². The molecule has 1 aromatic heterocycles. The van der Waals surface area contributed by atoms with Crippen molar-refractivity contribution in [3.63, 3.8) is 0 Å². The molecule has 17 heavy (non-hydrogen) atoms. The maximum Gasteiger partial charge on any atom is 0.224 e. The summed E-state index contributed by atoms with van der Waals surface area (Å²) in [6.07, 6.45) is 2.81. The van der Waals surface area contributed by atoms with E-state index in [1.54, 1.807) is 6.20 Å². The van der Waals surface area contributed by atoms with Crippen LogP contribution in [0.3, 0.4) is 0 Å². The molecule has 0 saturated heterocycles. The summed E-state index contributed by atoms with van der Waals surface area (Å²) in [5, 5.41) is 3.13. The van der Waals surface area contributed by atoms with Crippen molar-refractivity contribution in [1.82, 2.24) is 15.2 Å². The van der Waals surface area contributed by atoms with E-state index in [-0.39, 0.29) is 6.10 Å². The van der Waals surface area contributed by atoms with E-state index in [9.17, 15) is 0 Å². The minimum atomic E-state index is 0.126. The van der Waals surface area contributed by atoms with Gasteiger partial charge in [-0.15, -0.1) is 0 Å². The largest absolute Gasteiger partial charge is 0.472 e. The second kappa shape index (κ2) is 5.42. The SMILES string of the molecule is CNCCC1CN(C)C(=S)c2cccnc2O1. The van der Waals surface area contributed by atoms with Crippen molar-refractivity contribution in [3.05, 3.63) is 23.9 Å². The monoisotopic (exact) mass is 251 g/mol. The van der Waals surface area contributed by atoms with Crippen LogP contribution in [0, 0.1) is 0 Å². The molecular weight excluding hydrogens is 234 g/mol. The molecule has 1 aliphatic heterocycles. The molecule has 1 aliphatic rings. The second-order valence-electron chi connectivity index (χ2n) is 4.17. The van der Waals surface area contributed by atoms with Gasteiger partial charge in [0.15, 0.2) is 0 Å². The number of hydrogen-bond acceptors (Lipinski definition) is 4. The molecule has 2 heterocycles. The van der Waals surface area contributed by atoms with Gasteiger partial charge in [0.25, 0.3) is 0 Å². The van der Waals surface area contributed by atoms with Crippen molar-refractivity contribution in [1.29, 1.82) is 0 Å². The van der Waals surface area contributed by atoms with E-state index in [0.29, 0.717) is 5.88 Å². The zero-order chi connectivity index (χ0) is 12.3. The van der Waals surface area contributed by atoms with E-state index in [4.69, 9.17) is 17.0 Å². The Labute approximate surface area is 107 Å². The third-order valence-electron chi connectivity index (χ3n) is 2.82. The van der Waals surface area contributed by atoms with Gasteiger partial charge in [0, 0.05) is 13.2 Å². The molecule has 1 unspecified atom stereocenters. The summed E-state index contributed by atoms with van der Waals surface area (Å²) in [7, 11) is 3.94. The summed E-state index contributed by atoms with van der Waals surface area (Å²) in [5.41, 5.74) is 0.914. The van der Waals surface area contributed by atoms with Gasteiger partial charge in [0.2, 0.25) is 5.88 Å². The molecule has 0 aromatic carbocycles. The number of pyridine rings is 1. The zero-order valence-corrected chi connectivity index (χ0v) is 11.0. The summed E-state index contributed by atoms with van der Waals surface area (Å²) in [6, 6.07) is 3.85. The summed E-state index contributed by atoms with van der Waals surface area (Å²) in [4.78, 5) is 7.13. The summed E-state index contributed by atoms with van der Waals surface area (Å²) in [5.74, 6) is 0.656. The maximum absolute atomic E-state index is 5.92. The Balaban J connectivity index is 2.22. The molecule has 1 aromatic rings. The zero-order valence-electron chi connectivity index (χ0n) is 10.1. The molecule has 1 N–H and O–H groups in total. The Morgan fingerprint density at radius 3 is 3.24 bits per heavy atom. The van der Waals surface area contributed by atoms with Crippen LogP contribution in [0.1, 0.15) is 12.0 Å². The van der Waals surface area contributed by atoms with E-state index in [2.05, 4.69) is 15.2 Å². The normalized spacial score (nSPS) is 19.5. The Morgan fingerprint density at radius 2 is 2.47 bits per heavy atom. The van der Waals surface area contributed by atoms with Gasteiger partial charge in [-0.3, -0.25) is 0 Å². The number of ether oxygens (including phenoxy) is 1. The van der Waals surface area contributed by atoms with E-state index in [1.165, 1.54) is 0 Å². The quantitative estimate of drug-likeness (QED) is 0.813. The van der Waals surface area contributed by atoms with Crippen LogP contribution >= 0.6 is 12.2 Å². The van der Waals surface area contributed by atoms with E-state index < -0.39 is 0 Å². The molecule has 5 heteroatoms. The van der Waals surface area contributed by atoms with Gasteiger partial charge in [-0.05, 0) is 32.1 Å². The van der Waals surface area contributed by atoms with Crippen LogP contribution in [-0.2, 0) is 0 Å². The van der Waals surface area contributed by atoms with Gasteiger partial charge in [-0.25, -0.2) is 4.98 Å². The smallest absolute Gasteiger partial charge is 0.224 e. The predicted molar refractivity (Wildman–Crippen MR) is 71.5 cm³/mol. The number of hydrogen-bond donors (Lipinski definition) is 1. The molecule has 0 bridgehead atoms. The minimum absolute atomic E-state index is 0.126. The first kappa shape index (κ1) is 12.3. The number of fused-ring (bicyclic) bond motifs is 1. The van der Waals surface area contributed by atoms with Crippen LogP contribution in [0.4, 0.5) is 0 Å². The van der Waals surface area contributed by atoms with Gasteiger partial charge in [0.05, 0.1) is 12.1 Å². The highest BCUT2D eigenvalue weighted by molar-refractivity contribution is 7.80. The lowest BCUT2D eigenvalue weighted by molar-refractivity contribution is 0.166. The number of aromatic nitrogens is 1. The first-order valence-corrected chi connectivity index (χ1v) is 6.15. The van der Waals surface area contributed by atoms with Crippen LogP contribution in [0.2, 0.25) is 0 Å². The lowest BCUT2D eigenvalue weighted by Gasteiger charge is -2.21. The molecule has 0 radical (unpaired) electrons. The fraction of sp³-hybridized carbons (Fsp3) is 0.500. The molecule has 0 aliphatic carbocycles. The summed E-state index contributed by atoms with van der Waals surface area (Å²) >= 11 is 5.43. The third-order valence-corrected chi connectivity index (χ3v) is 3.35. The van der Waals surface area contributed by atoms with Crippen molar-refractivity contribution in [2.24, 2.45) is 0 Å². The standard InChI is InChI=1S/C12H17N3OS/c1-13-7-5-9-8-15(2)12(17)10-4-3-6-14-11(10)16-9/h3-4,6,9,13H,5,7-8H2,1-2H3. The Bertz CT molecular complexity index is 410. The number of nitrogens with one attached hydrogen (secondary N) is 1. The number of likely N-dealkylation sites (N-methyl/N-ethyl adjacent to an activating group) is 1. The van der Waals surface area contributed by atoms with Crippen molar-refractivity contribution in [2.75, 3.05) is 27.2 Å². The predicted octanol–water partition coefficient (Wildman–Crippen LogP) is 1.06. The number of thiocarbonyl (C=S) groups is 1. The van der Waals surface area contributed by atoms with Gasteiger partial charge in [-0.1, -0.05) is 12.2 Å². The molecular formula is C12H17N3OS. The van der Waals surface area contributed by atoms with Gasteiger partial charge in [-0.2, -0.15) is 0 Å². The third kappa shape index (κ3) is 2.73. The molecule has 0 saturated carbocycles. The van der Waals surface area contributed by atoms with Crippen LogP contribution in [-0.4, -0.2) is 48.2 Å². The lowest BCUT2D eigenvalue weighted by atomic mass is 10.2. The highest BCUT2D eigenvalue weighted by atomic mass is 32.1. The van der Waals surface area contributed by atoms with Crippen LogP contribution in [0.15, 0.2) is 18.3 Å². The number of rotatable bonds is 3. The first-order chi connectivity index (χ1) is 8.22. The van der Waals surface area contributed by atoms with Crippen molar-refractivity contribution >= 4 is 17.2 Å². The van der Waals surface area contributed by atoms with E-state index in [1.807, 2.05) is 26.2 Å². The van der Waals surface area contributed by atoms with Gasteiger partial charge >= 0.3 is 0 Å². The van der Waals surface area contributed by atoms with E-state index >= 15 is 0 Å². The van der Waals surface area contributed by atoms with Crippen molar-refractivity contribution in [2.45, 2.75) is 12.5 Å². The molecule has 0 amide bonds. The highest BCUT2D eigenvalue weighted by Crippen LogP contribution is 2.23. The van der Waals surface area contributed by atoms with Crippen molar-refractivity contribution in [3.8, 4) is 5.88 Å². The van der Waals surface area contributed by atoms with Crippen molar-refractivity contribution < 1.29 is 4.74 Å². The number of nitrogens with zero attached hydrogens (tertiary/aromatic N) is 2. The minimum Gasteiger partial charge on any atom is -0.472 e. The molecule has 0 spiro atoms. The highest BCUT2D eigenvalue weighted by Gasteiger charge is 2.24. The molecule has 2 rings (SSSR count). The summed E-state index contributed by atoms with van der Waals surface area (Å²) in [6.45, 7) is 1.73. The maximum atomic E-state index is 5.92. The molecule has 1 atom stereocenters. The van der Waals surface area contributed by atoms with Gasteiger partial charge in [0.1, 0.15) is 11.1 Å². The Morgan fingerprint density at radius 1 is 1.65 bits per heavy atom. The molecule has 0 fully saturated rings. The first-order valence-electron chi connectivity index (χ1n) is 5.74. The fourth-order valence-corrected chi connectivity index (χ4v) is 2.12. The Kier molecular flexibility index (Phi) is 3.91. The second-order valence-corrected chi connectivity index (χ2v) is 4.56. The van der Waals surface area contributed by atoms with E-state index in [0.717, 1.165) is 30.1 Å². The average Bonchev–Trinajstić information content (AvgIpc) is 2.46. The van der Waals surface area contributed by atoms with Crippen LogP contribution < -0.4 is 10.1 Å².